The van der Waals surface area contributed by atoms with Gasteiger partial charge in [-0.15, -0.1) is 23.5 Å². The van der Waals surface area contributed by atoms with Crippen LogP contribution in [0, 0.1) is 5.92 Å². The van der Waals surface area contributed by atoms with Crippen LogP contribution in [0.25, 0.3) is 0 Å². The molecule has 0 aromatic heterocycles. The van der Waals surface area contributed by atoms with Crippen molar-refractivity contribution in [2.45, 2.75) is 17.4 Å². The summed E-state index contributed by atoms with van der Waals surface area (Å²) in [5, 5.41) is 2.97. The van der Waals surface area contributed by atoms with E-state index in [2.05, 4.69) is 17.4 Å². The van der Waals surface area contributed by atoms with Gasteiger partial charge in [-0.05, 0) is 42.7 Å². The number of benzene rings is 2. The second-order valence-electron chi connectivity index (χ2n) is 7.14. The average Bonchev–Trinajstić information content (AvgIpc) is 3.29. The number of nitrogens with zero attached hydrogens (tertiary/aromatic N) is 1. The van der Waals surface area contributed by atoms with Crippen LogP contribution < -0.4 is 5.32 Å². The first kappa shape index (κ1) is 19.4. The Kier molecular flexibility index (Phi) is 6.27. The maximum absolute atomic E-state index is 12.9. The molecular weight excluding hydrogens is 388 g/mol. The number of piperidine rings is 1. The molecule has 28 heavy (non-hydrogen) atoms. The van der Waals surface area contributed by atoms with E-state index < -0.39 is 0 Å². The molecule has 1 unspecified atom stereocenters. The average molecular weight is 413 g/mol. The van der Waals surface area contributed by atoms with Crippen molar-refractivity contribution in [1.29, 1.82) is 0 Å². The molecule has 2 saturated heterocycles. The van der Waals surface area contributed by atoms with Crippen molar-refractivity contribution in [3.63, 3.8) is 0 Å². The fraction of sp³-hybridized carbons (Fsp3) is 0.364. The van der Waals surface area contributed by atoms with E-state index in [-0.39, 0.29) is 17.7 Å². The van der Waals surface area contributed by atoms with E-state index in [1.165, 1.54) is 17.1 Å². The molecule has 0 aliphatic carbocycles. The van der Waals surface area contributed by atoms with Crippen LogP contribution in [0.5, 0.6) is 0 Å². The number of thioether (sulfide) groups is 2. The monoisotopic (exact) mass is 412 g/mol. The number of amides is 2. The minimum atomic E-state index is -0.163. The molecule has 4 nitrogen and oxygen atoms in total. The van der Waals surface area contributed by atoms with E-state index in [0.717, 1.165) is 18.5 Å². The predicted octanol–water partition coefficient (Wildman–Crippen LogP) is 4.66. The normalized spacial score (nSPS) is 20.1. The highest BCUT2D eigenvalue weighted by Crippen LogP contribution is 2.45. The SMILES string of the molecule is O=C(Nc1ccccc1)C1CCCN(C(=O)c2ccc(C3SCCS3)cc2)C1. The van der Waals surface area contributed by atoms with Crippen LogP contribution in [-0.2, 0) is 4.79 Å². The summed E-state index contributed by atoms with van der Waals surface area (Å²) in [7, 11) is 0. The molecule has 0 bridgehead atoms. The van der Waals surface area contributed by atoms with E-state index in [4.69, 9.17) is 0 Å². The second-order valence-corrected chi connectivity index (χ2v) is 9.87. The van der Waals surface area contributed by atoms with E-state index >= 15 is 0 Å². The van der Waals surface area contributed by atoms with Crippen molar-refractivity contribution in [3.05, 3.63) is 65.7 Å². The molecule has 0 spiro atoms. The van der Waals surface area contributed by atoms with Crippen LogP contribution in [-0.4, -0.2) is 41.3 Å². The number of nitrogens with one attached hydrogen (secondary N) is 1. The van der Waals surface area contributed by atoms with E-state index in [1.54, 1.807) is 0 Å². The van der Waals surface area contributed by atoms with Crippen molar-refractivity contribution in [1.82, 2.24) is 4.90 Å². The maximum atomic E-state index is 12.9. The fourth-order valence-corrected chi connectivity index (χ4v) is 6.52. The topological polar surface area (TPSA) is 49.4 Å². The highest BCUT2D eigenvalue weighted by molar-refractivity contribution is 8.19. The van der Waals surface area contributed by atoms with E-state index in [1.807, 2.05) is 70.9 Å². The van der Waals surface area contributed by atoms with Gasteiger partial charge in [0.15, 0.2) is 0 Å². The first-order valence-corrected chi connectivity index (χ1v) is 11.8. The number of hydrogen-bond acceptors (Lipinski definition) is 4. The summed E-state index contributed by atoms with van der Waals surface area (Å²) in [6.45, 7) is 1.19. The zero-order chi connectivity index (χ0) is 19.3. The lowest BCUT2D eigenvalue weighted by molar-refractivity contribution is -0.121. The number of carbonyl (C=O) groups excluding carboxylic acids is 2. The molecule has 4 rings (SSSR count). The van der Waals surface area contributed by atoms with Gasteiger partial charge < -0.3 is 10.2 Å². The molecule has 2 aliphatic rings. The lowest BCUT2D eigenvalue weighted by Gasteiger charge is -2.32. The third-order valence-corrected chi connectivity index (χ3v) is 8.28. The van der Waals surface area contributed by atoms with Gasteiger partial charge in [-0.3, -0.25) is 9.59 Å². The van der Waals surface area contributed by atoms with Crippen LogP contribution in [0.1, 0.15) is 33.3 Å². The summed E-state index contributed by atoms with van der Waals surface area (Å²) in [5.74, 6) is 2.24. The number of rotatable bonds is 4. The van der Waals surface area contributed by atoms with Gasteiger partial charge in [0.05, 0.1) is 10.5 Å². The summed E-state index contributed by atoms with van der Waals surface area (Å²) >= 11 is 3.93. The first-order valence-electron chi connectivity index (χ1n) is 9.69. The van der Waals surface area contributed by atoms with Crippen LogP contribution in [0.3, 0.4) is 0 Å². The van der Waals surface area contributed by atoms with Crippen LogP contribution in [0.4, 0.5) is 5.69 Å². The van der Waals surface area contributed by atoms with Gasteiger partial charge in [0.2, 0.25) is 5.91 Å². The summed E-state index contributed by atoms with van der Waals surface area (Å²) in [6.07, 6.45) is 1.67. The third kappa shape index (κ3) is 4.55. The first-order chi connectivity index (χ1) is 13.7. The zero-order valence-electron chi connectivity index (χ0n) is 15.7. The Bertz CT molecular complexity index is 820. The Morgan fingerprint density at radius 3 is 2.39 bits per heavy atom. The molecule has 2 aromatic rings. The summed E-state index contributed by atoms with van der Waals surface area (Å²) in [5.41, 5.74) is 2.79. The molecule has 1 N–H and O–H groups in total. The smallest absolute Gasteiger partial charge is 0.253 e. The van der Waals surface area contributed by atoms with Crippen molar-refractivity contribution in [2.75, 3.05) is 29.9 Å². The third-order valence-electron chi connectivity index (χ3n) is 5.17. The molecule has 2 amide bonds. The highest BCUT2D eigenvalue weighted by Gasteiger charge is 2.29. The summed E-state index contributed by atoms with van der Waals surface area (Å²) < 4.78 is 0.491. The Morgan fingerprint density at radius 1 is 0.964 bits per heavy atom. The number of anilines is 1. The van der Waals surface area contributed by atoms with E-state index in [9.17, 15) is 9.59 Å². The fourth-order valence-electron chi connectivity index (χ4n) is 3.66. The summed E-state index contributed by atoms with van der Waals surface area (Å²) in [6, 6.07) is 17.5. The number of likely N-dealkylation sites (tertiary alicyclic amines) is 1. The molecule has 2 fully saturated rings. The van der Waals surface area contributed by atoms with Crippen LogP contribution in [0.2, 0.25) is 0 Å². The van der Waals surface area contributed by atoms with Crippen molar-refractivity contribution in [2.24, 2.45) is 5.92 Å². The minimum Gasteiger partial charge on any atom is -0.338 e. The standard InChI is InChI=1S/C22H24N2O2S2/c25-20(23-19-6-2-1-3-7-19)18-5-4-12-24(15-18)21(26)16-8-10-17(11-9-16)22-27-13-14-28-22/h1-3,6-11,18,22H,4-5,12-15H2,(H,23,25). The Hall–Kier alpha value is -1.92. The Balaban J connectivity index is 1.38. The molecule has 146 valence electrons. The van der Waals surface area contributed by atoms with Crippen LogP contribution in [0.15, 0.2) is 54.6 Å². The lowest BCUT2D eigenvalue weighted by atomic mass is 9.96. The lowest BCUT2D eigenvalue weighted by Crippen LogP contribution is -2.43. The van der Waals surface area contributed by atoms with Crippen molar-refractivity contribution < 1.29 is 9.59 Å². The van der Waals surface area contributed by atoms with Crippen molar-refractivity contribution in [3.8, 4) is 0 Å². The van der Waals surface area contributed by atoms with Gasteiger partial charge in [-0.25, -0.2) is 0 Å². The molecule has 2 aliphatic heterocycles. The Labute approximate surface area is 174 Å². The number of para-hydroxylation sites is 1. The van der Waals surface area contributed by atoms with E-state index in [0.29, 0.717) is 23.2 Å². The zero-order valence-corrected chi connectivity index (χ0v) is 17.3. The molecule has 2 heterocycles. The van der Waals surface area contributed by atoms with Gasteiger partial charge in [0.1, 0.15) is 0 Å². The number of carbonyl (C=O) groups is 2. The van der Waals surface area contributed by atoms with Gasteiger partial charge in [-0.2, -0.15) is 0 Å². The van der Waals surface area contributed by atoms with Crippen LogP contribution >= 0.6 is 23.5 Å². The molecule has 0 saturated carbocycles. The molecule has 0 radical (unpaired) electrons. The molecule has 6 heteroatoms. The van der Waals surface area contributed by atoms with Gasteiger partial charge in [0, 0.05) is 35.8 Å². The van der Waals surface area contributed by atoms with Gasteiger partial charge in [-0.1, -0.05) is 30.3 Å². The predicted molar refractivity (Wildman–Crippen MR) is 118 cm³/mol. The molecule has 2 aromatic carbocycles. The maximum Gasteiger partial charge on any atom is 0.253 e. The molecular formula is C22H24N2O2S2. The quantitative estimate of drug-likeness (QED) is 0.794. The minimum absolute atomic E-state index is 0.00525. The largest absolute Gasteiger partial charge is 0.338 e. The Morgan fingerprint density at radius 2 is 1.68 bits per heavy atom. The van der Waals surface area contributed by atoms with Gasteiger partial charge in [0.25, 0.3) is 5.91 Å². The summed E-state index contributed by atoms with van der Waals surface area (Å²) in [4.78, 5) is 27.4. The second kappa shape index (κ2) is 9.05. The van der Waals surface area contributed by atoms with Gasteiger partial charge >= 0.3 is 0 Å². The number of hydrogen-bond donors (Lipinski definition) is 1. The molecule has 1 atom stereocenters. The van der Waals surface area contributed by atoms with Crippen molar-refractivity contribution >= 4 is 41.0 Å². The highest BCUT2D eigenvalue weighted by atomic mass is 32.2.